The predicted octanol–water partition coefficient (Wildman–Crippen LogP) is 2.45. The zero-order valence-corrected chi connectivity index (χ0v) is 17.6. The van der Waals surface area contributed by atoms with Crippen LogP contribution in [-0.2, 0) is 9.59 Å². The third-order valence-corrected chi connectivity index (χ3v) is 6.53. The smallest absolute Gasteiger partial charge is 0.322 e. The zero-order chi connectivity index (χ0) is 20.8. The van der Waals surface area contributed by atoms with Gasteiger partial charge in [-0.3, -0.25) is 14.9 Å². The molecular weight excluding hydrogens is 392 g/mol. The molecule has 1 aromatic carbocycles. The van der Waals surface area contributed by atoms with Crippen molar-refractivity contribution in [1.29, 1.82) is 0 Å². The quantitative estimate of drug-likeness (QED) is 0.719. The minimum Gasteiger partial charge on any atom is -0.365 e. The van der Waals surface area contributed by atoms with Gasteiger partial charge in [0.25, 0.3) is 5.91 Å². The van der Waals surface area contributed by atoms with Crippen LogP contribution in [0.4, 0.5) is 10.5 Å². The van der Waals surface area contributed by atoms with E-state index in [1.807, 2.05) is 24.0 Å². The lowest BCUT2D eigenvalue weighted by molar-refractivity contribution is -0.133. The fraction of sp³-hybridized carbons (Fsp3) is 0.571. The summed E-state index contributed by atoms with van der Waals surface area (Å²) in [5.74, 6) is -0.108. The van der Waals surface area contributed by atoms with Gasteiger partial charge in [0.05, 0.1) is 0 Å². The number of nitrogens with zero attached hydrogens (tertiary/aromatic N) is 2. The van der Waals surface area contributed by atoms with Gasteiger partial charge in [-0.2, -0.15) is 0 Å². The van der Waals surface area contributed by atoms with Crippen LogP contribution < -0.4 is 15.5 Å². The number of carbonyl (C=O) groups excluding carboxylic acids is 3. The van der Waals surface area contributed by atoms with Crippen LogP contribution in [0.1, 0.15) is 38.2 Å². The highest BCUT2D eigenvalue weighted by Crippen LogP contribution is 2.43. The summed E-state index contributed by atoms with van der Waals surface area (Å²) in [6.45, 7) is 6.11. The lowest BCUT2D eigenvalue weighted by Crippen LogP contribution is -2.54. The van der Waals surface area contributed by atoms with Crippen molar-refractivity contribution in [2.45, 2.75) is 51.1 Å². The van der Waals surface area contributed by atoms with Crippen molar-refractivity contribution >= 4 is 35.1 Å². The Labute approximate surface area is 175 Å². The van der Waals surface area contributed by atoms with Crippen molar-refractivity contribution in [3.63, 3.8) is 0 Å². The first-order valence-corrected chi connectivity index (χ1v) is 10.6. The lowest BCUT2D eigenvalue weighted by Gasteiger charge is -2.41. The van der Waals surface area contributed by atoms with Crippen LogP contribution in [0.3, 0.4) is 0 Å². The molecule has 2 N–H and O–H groups in total. The highest BCUT2D eigenvalue weighted by molar-refractivity contribution is 6.30. The second kappa shape index (κ2) is 7.52. The molecule has 0 unspecified atom stereocenters. The number of hydrogen-bond acceptors (Lipinski definition) is 4. The summed E-state index contributed by atoms with van der Waals surface area (Å²) in [6.07, 6.45) is 2.44. The molecule has 0 spiro atoms. The van der Waals surface area contributed by atoms with E-state index in [4.69, 9.17) is 11.6 Å². The SMILES string of the molecule is Cc1cc(Cl)cc(N2CCN(C(=O)CC[C@@]3(C4CC4)NC(=O)NC3=O)C[C@@H]2C)c1. The van der Waals surface area contributed by atoms with E-state index in [0.717, 1.165) is 30.6 Å². The maximum absolute atomic E-state index is 12.9. The zero-order valence-electron chi connectivity index (χ0n) is 16.8. The Kier molecular flexibility index (Phi) is 5.19. The summed E-state index contributed by atoms with van der Waals surface area (Å²) in [6, 6.07) is 5.72. The first kappa shape index (κ1) is 20.0. The number of hydrogen-bond donors (Lipinski definition) is 2. The topological polar surface area (TPSA) is 81.8 Å². The first-order chi connectivity index (χ1) is 13.8. The van der Waals surface area contributed by atoms with Gasteiger partial charge in [-0.25, -0.2) is 4.79 Å². The fourth-order valence-corrected chi connectivity index (χ4v) is 4.95. The van der Waals surface area contributed by atoms with Gasteiger partial charge in [-0.1, -0.05) is 11.6 Å². The minimum atomic E-state index is -0.904. The number of rotatable bonds is 5. The Morgan fingerprint density at radius 3 is 2.59 bits per heavy atom. The van der Waals surface area contributed by atoms with Crippen molar-refractivity contribution in [2.75, 3.05) is 24.5 Å². The van der Waals surface area contributed by atoms with Gasteiger partial charge in [0.2, 0.25) is 5.91 Å². The number of imide groups is 1. The van der Waals surface area contributed by atoms with Gasteiger partial charge in [0.15, 0.2) is 0 Å². The summed E-state index contributed by atoms with van der Waals surface area (Å²) in [5, 5.41) is 5.85. The molecule has 0 aromatic heterocycles. The van der Waals surface area contributed by atoms with E-state index in [0.29, 0.717) is 24.5 Å². The van der Waals surface area contributed by atoms with Crippen LogP contribution in [0, 0.1) is 12.8 Å². The van der Waals surface area contributed by atoms with E-state index in [9.17, 15) is 14.4 Å². The second-order valence-electron chi connectivity index (χ2n) is 8.52. The summed E-state index contributed by atoms with van der Waals surface area (Å²) >= 11 is 6.21. The number of benzene rings is 1. The van der Waals surface area contributed by atoms with Gasteiger partial charge in [0, 0.05) is 42.8 Å². The van der Waals surface area contributed by atoms with Crippen molar-refractivity contribution in [1.82, 2.24) is 15.5 Å². The number of piperazine rings is 1. The van der Waals surface area contributed by atoms with E-state index in [-0.39, 0.29) is 30.2 Å². The monoisotopic (exact) mass is 418 g/mol. The van der Waals surface area contributed by atoms with Crippen LogP contribution in [0.5, 0.6) is 0 Å². The van der Waals surface area contributed by atoms with Gasteiger partial charge in [-0.05, 0) is 62.8 Å². The largest absolute Gasteiger partial charge is 0.365 e. The minimum absolute atomic E-state index is 0.0350. The van der Waals surface area contributed by atoms with Gasteiger partial charge in [-0.15, -0.1) is 0 Å². The van der Waals surface area contributed by atoms with Crippen molar-refractivity contribution in [3.8, 4) is 0 Å². The summed E-state index contributed by atoms with van der Waals surface area (Å²) < 4.78 is 0. The Balaban J connectivity index is 1.37. The molecule has 2 heterocycles. The summed E-state index contributed by atoms with van der Waals surface area (Å²) in [5.41, 5.74) is 1.28. The number of urea groups is 1. The van der Waals surface area contributed by atoms with Crippen molar-refractivity contribution in [2.24, 2.45) is 5.92 Å². The number of carbonyl (C=O) groups is 3. The van der Waals surface area contributed by atoms with Crippen molar-refractivity contribution < 1.29 is 14.4 Å². The van der Waals surface area contributed by atoms with Gasteiger partial charge >= 0.3 is 6.03 Å². The van der Waals surface area contributed by atoms with Gasteiger partial charge in [0.1, 0.15) is 5.54 Å². The lowest BCUT2D eigenvalue weighted by atomic mass is 9.87. The fourth-order valence-electron chi connectivity index (χ4n) is 4.66. The molecule has 29 heavy (non-hydrogen) atoms. The molecule has 1 saturated carbocycles. The standard InChI is InChI=1S/C21H27ClN4O3/c1-13-9-16(22)11-17(10-13)26-8-7-25(12-14(26)2)18(27)5-6-21(15-3-4-15)19(28)23-20(29)24-21/h9-11,14-15H,3-8,12H2,1-2H3,(H2,23,24,28,29)/t14-,21-/m0/s1. The summed E-state index contributed by atoms with van der Waals surface area (Å²) in [4.78, 5) is 41.0. The Hall–Kier alpha value is -2.28. The number of anilines is 1. The number of halogens is 1. The highest BCUT2D eigenvalue weighted by atomic mass is 35.5. The molecule has 156 valence electrons. The van der Waals surface area contributed by atoms with Crippen molar-refractivity contribution in [3.05, 3.63) is 28.8 Å². The third-order valence-electron chi connectivity index (χ3n) is 6.32. The third kappa shape index (κ3) is 3.92. The average molecular weight is 419 g/mol. The van der Waals surface area contributed by atoms with E-state index in [2.05, 4.69) is 28.5 Å². The normalized spacial score (nSPS) is 27.1. The molecule has 0 radical (unpaired) electrons. The molecular formula is C21H27ClN4O3. The summed E-state index contributed by atoms with van der Waals surface area (Å²) in [7, 11) is 0. The molecule has 2 aliphatic heterocycles. The van der Waals surface area contributed by atoms with Crippen LogP contribution in [0.2, 0.25) is 5.02 Å². The van der Waals surface area contributed by atoms with E-state index >= 15 is 0 Å². The number of aryl methyl sites for hydroxylation is 1. The van der Waals surface area contributed by atoms with Crippen LogP contribution in [0.15, 0.2) is 18.2 Å². The van der Waals surface area contributed by atoms with E-state index in [1.54, 1.807) is 0 Å². The van der Waals surface area contributed by atoms with E-state index < -0.39 is 11.6 Å². The molecule has 0 bridgehead atoms. The molecule has 4 rings (SSSR count). The Bertz CT molecular complexity index is 836. The first-order valence-electron chi connectivity index (χ1n) is 10.2. The average Bonchev–Trinajstić information content (AvgIpc) is 3.45. The van der Waals surface area contributed by atoms with Crippen LogP contribution in [0.25, 0.3) is 0 Å². The molecule has 1 aliphatic carbocycles. The molecule has 1 aromatic rings. The second-order valence-corrected chi connectivity index (χ2v) is 8.96. The predicted molar refractivity (Wildman–Crippen MR) is 111 cm³/mol. The van der Waals surface area contributed by atoms with Gasteiger partial charge < -0.3 is 15.1 Å². The van der Waals surface area contributed by atoms with Crippen LogP contribution in [-0.4, -0.2) is 54.0 Å². The molecule has 8 heteroatoms. The maximum atomic E-state index is 12.9. The molecule has 4 amide bonds. The van der Waals surface area contributed by atoms with E-state index in [1.165, 1.54) is 0 Å². The molecule has 3 fully saturated rings. The Morgan fingerprint density at radius 1 is 1.24 bits per heavy atom. The maximum Gasteiger partial charge on any atom is 0.322 e. The molecule has 2 atom stereocenters. The highest BCUT2D eigenvalue weighted by Gasteiger charge is 2.55. The number of nitrogens with one attached hydrogen (secondary N) is 2. The Morgan fingerprint density at radius 2 is 2.00 bits per heavy atom. The van der Waals surface area contributed by atoms with Crippen LogP contribution >= 0.6 is 11.6 Å². The molecule has 3 aliphatic rings. The molecule has 2 saturated heterocycles. The molecule has 7 nitrogen and oxygen atoms in total. The number of amides is 4.